The average Bonchev–Trinajstić information content (AvgIpc) is 3.29. The maximum Gasteiger partial charge on any atom is 0.337 e. The van der Waals surface area contributed by atoms with Crippen molar-refractivity contribution in [3.8, 4) is 11.8 Å². The highest BCUT2D eigenvalue weighted by Crippen LogP contribution is 2.40. The van der Waals surface area contributed by atoms with Crippen LogP contribution >= 0.6 is 23.7 Å². The molecule has 3 aromatic rings. The molecular formula is C25H24N6OS2. The maximum absolute atomic E-state index is 8.98. The number of para-hydroxylation sites is 1. The lowest BCUT2D eigenvalue weighted by atomic mass is 10.1. The van der Waals surface area contributed by atoms with Crippen LogP contribution in [0.5, 0.6) is 5.75 Å². The van der Waals surface area contributed by atoms with Gasteiger partial charge in [-0.1, -0.05) is 30.0 Å². The zero-order chi connectivity index (χ0) is 23.2. The van der Waals surface area contributed by atoms with Crippen molar-refractivity contribution >= 4 is 35.9 Å². The second-order valence-corrected chi connectivity index (χ2v) is 10.1. The van der Waals surface area contributed by atoms with Crippen LogP contribution in [0.25, 0.3) is 0 Å². The van der Waals surface area contributed by atoms with Gasteiger partial charge in [0.2, 0.25) is 0 Å². The molecule has 1 fully saturated rings. The van der Waals surface area contributed by atoms with Gasteiger partial charge in [-0.05, 0) is 67.9 Å². The van der Waals surface area contributed by atoms with E-state index >= 15 is 0 Å². The number of anilines is 1. The van der Waals surface area contributed by atoms with Crippen molar-refractivity contribution in [2.24, 2.45) is 4.40 Å². The Morgan fingerprint density at radius 1 is 1.12 bits per heavy atom. The predicted molar refractivity (Wildman–Crippen MR) is 137 cm³/mol. The predicted octanol–water partition coefficient (Wildman–Crippen LogP) is 4.95. The van der Waals surface area contributed by atoms with E-state index < -0.39 is 5.18 Å². The summed E-state index contributed by atoms with van der Waals surface area (Å²) in [6.07, 6.45) is 5.89. The highest BCUT2D eigenvalue weighted by atomic mass is 32.2. The number of nitrogens with one attached hydrogen (secondary N) is 2. The fourth-order valence-electron chi connectivity index (χ4n) is 3.92. The Labute approximate surface area is 207 Å². The quantitative estimate of drug-likeness (QED) is 0.357. The van der Waals surface area contributed by atoms with Crippen molar-refractivity contribution in [1.29, 1.82) is 5.26 Å². The molecule has 34 heavy (non-hydrogen) atoms. The third-order valence-corrected chi connectivity index (χ3v) is 7.42. The van der Waals surface area contributed by atoms with Crippen molar-refractivity contribution in [2.45, 2.75) is 33.9 Å². The number of benzene rings is 2. The number of nitriles is 1. The lowest BCUT2D eigenvalue weighted by Gasteiger charge is -2.42. The Morgan fingerprint density at radius 2 is 1.94 bits per heavy atom. The van der Waals surface area contributed by atoms with Gasteiger partial charge in [0, 0.05) is 28.6 Å². The van der Waals surface area contributed by atoms with Crippen LogP contribution in [-0.2, 0) is 0 Å². The van der Waals surface area contributed by atoms with Gasteiger partial charge < -0.3 is 15.4 Å². The van der Waals surface area contributed by atoms with Crippen molar-refractivity contribution in [3.63, 3.8) is 0 Å². The SMILES string of the molecule is N#Cc1ccc(Sc2ccc(NC3(Oc4ccccc4)SN=CN3C3CCCNC3)nc2)cc1. The number of hydrogen-bond donors (Lipinski definition) is 2. The lowest BCUT2D eigenvalue weighted by molar-refractivity contribution is 0.0407. The highest BCUT2D eigenvalue weighted by molar-refractivity contribution is 7.99. The molecule has 172 valence electrons. The Hall–Kier alpha value is -3.19. The van der Waals surface area contributed by atoms with Gasteiger partial charge >= 0.3 is 5.18 Å². The van der Waals surface area contributed by atoms with Gasteiger partial charge in [-0.25, -0.2) is 4.98 Å². The van der Waals surface area contributed by atoms with E-state index in [9.17, 15) is 0 Å². The second kappa shape index (κ2) is 10.4. The van der Waals surface area contributed by atoms with Crippen LogP contribution in [-0.4, -0.2) is 40.5 Å². The van der Waals surface area contributed by atoms with Crippen LogP contribution in [0.1, 0.15) is 18.4 Å². The molecular weight excluding hydrogens is 464 g/mol. The van der Waals surface area contributed by atoms with E-state index in [4.69, 9.17) is 10.00 Å². The van der Waals surface area contributed by atoms with Gasteiger partial charge in [0.25, 0.3) is 0 Å². The molecule has 2 aliphatic rings. The molecule has 0 amide bonds. The first-order chi connectivity index (χ1) is 16.7. The Balaban J connectivity index is 1.36. The van der Waals surface area contributed by atoms with Gasteiger partial charge in [0.1, 0.15) is 17.9 Å². The van der Waals surface area contributed by atoms with Gasteiger partial charge in [-0.3, -0.25) is 4.90 Å². The zero-order valence-electron chi connectivity index (χ0n) is 18.4. The first kappa shape index (κ1) is 22.6. The smallest absolute Gasteiger partial charge is 0.337 e. The third kappa shape index (κ3) is 5.14. The zero-order valence-corrected chi connectivity index (χ0v) is 20.1. The number of piperidine rings is 1. The standard InChI is InChI=1S/C25H24N6OS2/c26-15-19-8-10-22(11-9-19)33-23-12-13-24(28-17-23)30-25(32-21-6-2-1-3-7-21)31(18-29-34-25)20-5-4-14-27-16-20/h1-3,6-13,17-18,20,27H,4-5,14,16H2,(H,28,30). The fourth-order valence-corrected chi connectivity index (χ4v) is 5.57. The fraction of sp³-hybridized carbons (Fsp3) is 0.240. The van der Waals surface area contributed by atoms with Crippen molar-refractivity contribution in [1.82, 2.24) is 15.2 Å². The molecule has 5 rings (SSSR count). The molecule has 2 aromatic carbocycles. The van der Waals surface area contributed by atoms with Gasteiger partial charge in [-0.2, -0.15) is 9.66 Å². The summed E-state index contributed by atoms with van der Waals surface area (Å²) in [5.41, 5.74) is 0.653. The molecule has 9 heteroatoms. The molecule has 1 aromatic heterocycles. The van der Waals surface area contributed by atoms with Gasteiger partial charge in [0.05, 0.1) is 23.6 Å². The van der Waals surface area contributed by atoms with E-state index in [-0.39, 0.29) is 6.04 Å². The third-order valence-electron chi connectivity index (χ3n) is 5.59. The second-order valence-electron chi connectivity index (χ2n) is 7.96. The summed E-state index contributed by atoms with van der Waals surface area (Å²) in [6, 6.07) is 23.7. The Kier molecular flexibility index (Phi) is 6.90. The summed E-state index contributed by atoms with van der Waals surface area (Å²) in [7, 11) is 0. The van der Waals surface area contributed by atoms with Crippen LogP contribution in [0.4, 0.5) is 5.82 Å². The average molecular weight is 489 g/mol. The topological polar surface area (TPSA) is 85.6 Å². The largest absolute Gasteiger partial charge is 0.440 e. The number of ether oxygens (including phenoxy) is 1. The molecule has 1 saturated heterocycles. The molecule has 0 radical (unpaired) electrons. The molecule has 2 atom stereocenters. The highest BCUT2D eigenvalue weighted by Gasteiger charge is 2.47. The molecule has 2 aliphatic heterocycles. The number of hydrogen-bond acceptors (Lipinski definition) is 9. The van der Waals surface area contributed by atoms with Crippen molar-refractivity contribution < 1.29 is 4.74 Å². The summed E-state index contributed by atoms with van der Waals surface area (Å²) < 4.78 is 11.1. The van der Waals surface area contributed by atoms with Crippen LogP contribution in [0.3, 0.4) is 0 Å². The number of nitrogens with zero attached hydrogens (tertiary/aromatic N) is 4. The first-order valence-electron chi connectivity index (χ1n) is 11.1. The van der Waals surface area contributed by atoms with Gasteiger partial charge in [-0.15, -0.1) is 0 Å². The minimum absolute atomic E-state index is 0.259. The molecule has 3 heterocycles. The van der Waals surface area contributed by atoms with E-state index in [1.807, 2.05) is 79.3 Å². The monoisotopic (exact) mass is 488 g/mol. The summed E-state index contributed by atoms with van der Waals surface area (Å²) in [5, 5.41) is 15.0. The summed E-state index contributed by atoms with van der Waals surface area (Å²) in [6.45, 7) is 1.91. The van der Waals surface area contributed by atoms with Crippen LogP contribution < -0.4 is 15.4 Å². The number of aromatic nitrogens is 1. The van der Waals surface area contributed by atoms with E-state index in [0.29, 0.717) is 11.4 Å². The number of rotatable bonds is 7. The van der Waals surface area contributed by atoms with E-state index in [0.717, 1.165) is 41.5 Å². The van der Waals surface area contributed by atoms with E-state index in [1.165, 1.54) is 11.9 Å². The minimum atomic E-state index is -0.931. The van der Waals surface area contributed by atoms with Crippen molar-refractivity contribution in [2.75, 3.05) is 18.4 Å². The number of pyridine rings is 1. The van der Waals surface area contributed by atoms with Gasteiger partial charge in [0.15, 0.2) is 0 Å². The molecule has 7 nitrogen and oxygen atoms in total. The van der Waals surface area contributed by atoms with Crippen LogP contribution in [0, 0.1) is 11.3 Å². The minimum Gasteiger partial charge on any atom is -0.440 e. The normalized spacial score (nSPS) is 21.7. The van der Waals surface area contributed by atoms with E-state index in [2.05, 4.69) is 31.0 Å². The molecule has 2 N–H and O–H groups in total. The molecule has 0 bridgehead atoms. The summed E-state index contributed by atoms with van der Waals surface area (Å²) >= 11 is 2.96. The van der Waals surface area contributed by atoms with E-state index in [1.54, 1.807) is 11.8 Å². The molecule has 2 unspecified atom stereocenters. The lowest BCUT2D eigenvalue weighted by Crippen LogP contribution is -2.60. The van der Waals surface area contributed by atoms with Crippen LogP contribution in [0.15, 0.2) is 87.1 Å². The molecule has 0 saturated carbocycles. The molecule has 0 spiro atoms. The molecule has 0 aliphatic carbocycles. The Bertz CT molecular complexity index is 1160. The van der Waals surface area contributed by atoms with Crippen LogP contribution in [0.2, 0.25) is 0 Å². The maximum atomic E-state index is 8.98. The summed E-state index contributed by atoms with van der Waals surface area (Å²) in [4.78, 5) is 8.90. The summed E-state index contributed by atoms with van der Waals surface area (Å²) in [5.74, 6) is 1.46. The van der Waals surface area contributed by atoms with Crippen molar-refractivity contribution in [3.05, 3.63) is 78.5 Å². The first-order valence-corrected chi connectivity index (χ1v) is 12.7. The Morgan fingerprint density at radius 3 is 2.65 bits per heavy atom.